The second-order valence-electron chi connectivity index (χ2n) is 9.05. The van der Waals surface area contributed by atoms with Gasteiger partial charge in [0.2, 0.25) is 12.7 Å². The number of alkyl halides is 3. The third-order valence-corrected chi connectivity index (χ3v) is 6.79. The van der Waals surface area contributed by atoms with Gasteiger partial charge in [-0.25, -0.2) is 0 Å². The van der Waals surface area contributed by atoms with Gasteiger partial charge in [0.1, 0.15) is 11.8 Å². The number of ether oxygens (including phenoxy) is 3. The third kappa shape index (κ3) is 5.67. The number of amides is 2. The van der Waals surface area contributed by atoms with E-state index >= 15 is 0 Å². The lowest BCUT2D eigenvalue weighted by atomic mass is 10.1. The van der Waals surface area contributed by atoms with Crippen LogP contribution >= 0.6 is 12.2 Å². The number of carbonyl (C=O) groups is 2. The maximum Gasteiger partial charge on any atom is 0.416 e. The largest absolute Gasteiger partial charge is 0.494 e. The Morgan fingerprint density at radius 2 is 1.82 bits per heavy atom. The summed E-state index contributed by atoms with van der Waals surface area (Å²) in [6, 6.07) is 15.3. The number of carbonyl (C=O) groups excluding carboxylic acids is 2. The number of thiocarbonyl (C=S) groups is 1. The molecule has 1 unspecified atom stereocenters. The van der Waals surface area contributed by atoms with Crippen molar-refractivity contribution in [3.05, 3.63) is 77.9 Å². The van der Waals surface area contributed by atoms with Gasteiger partial charge in [-0.2, -0.15) is 13.2 Å². The van der Waals surface area contributed by atoms with Gasteiger partial charge in [0, 0.05) is 12.2 Å². The second-order valence-corrected chi connectivity index (χ2v) is 9.41. The van der Waals surface area contributed by atoms with Gasteiger partial charge in [0.05, 0.1) is 24.3 Å². The van der Waals surface area contributed by atoms with Crippen molar-refractivity contribution in [3.63, 3.8) is 0 Å². The molecule has 2 amide bonds. The van der Waals surface area contributed by atoms with Crippen LogP contribution in [0.1, 0.15) is 24.5 Å². The molecule has 0 spiro atoms. The zero-order valence-electron chi connectivity index (χ0n) is 21.2. The van der Waals surface area contributed by atoms with Gasteiger partial charge in [0.15, 0.2) is 16.6 Å². The lowest BCUT2D eigenvalue weighted by Gasteiger charge is -2.24. The number of halogens is 3. The van der Waals surface area contributed by atoms with Crippen molar-refractivity contribution in [2.75, 3.05) is 23.6 Å². The van der Waals surface area contributed by atoms with Crippen molar-refractivity contribution in [1.29, 1.82) is 0 Å². The van der Waals surface area contributed by atoms with E-state index in [0.29, 0.717) is 35.1 Å². The van der Waals surface area contributed by atoms with Crippen molar-refractivity contribution < 1.29 is 37.0 Å². The molecule has 2 aliphatic heterocycles. The highest BCUT2D eigenvalue weighted by molar-refractivity contribution is 7.80. The molecular weight excluding hydrogens is 547 g/mol. The summed E-state index contributed by atoms with van der Waals surface area (Å²) in [5.41, 5.74) is 0.260. The van der Waals surface area contributed by atoms with E-state index in [1.54, 1.807) is 42.5 Å². The van der Waals surface area contributed by atoms with Gasteiger partial charge in [0.25, 0.3) is 5.91 Å². The number of fused-ring (bicyclic) bond motifs is 1. The smallest absolute Gasteiger partial charge is 0.416 e. The lowest BCUT2D eigenvalue weighted by Crippen LogP contribution is -2.37. The first kappa shape index (κ1) is 27.3. The summed E-state index contributed by atoms with van der Waals surface area (Å²) in [7, 11) is 0. The zero-order chi connectivity index (χ0) is 28.4. The molecule has 1 atom stereocenters. The SMILES string of the molecule is CCOc1ccc(NC(=O)CC2C(=O)N(c3cccc(C(F)(F)F)c3)C(=S)N2Cc2ccc3c(c2)OCO3)cc1. The highest BCUT2D eigenvalue weighted by Crippen LogP contribution is 2.36. The average molecular weight is 572 g/mol. The van der Waals surface area contributed by atoms with Crippen LogP contribution < -0.4 is 24.4 Å². The Labute approximate surface area is 233 Å². The van der Waals surface area contributed by atoms with E-state index in [9.17, 15) is 22.8 Å². The Hall–Kier alpha value is -4.32. The summed E-state index contributed by atoms with van der Waals surface area (Å²) in [6.45, 7) is 2.54. The van der Waals surface area contributed by atoms with E-state index in [4.69, 9.17) is 26.4 Å². The molecule has 208 valence electrons. The van der Waals surface area contributed by atoms with Crippen LogP contribution in [0.15, 0.2) is 66.7 Å². The fraction of sp³-hybridized carbons (Fsp3) is 0.250. The van der Waals surface area contributed by atoms with Crippen LogP contribution in [0, 0.1) is 0 Å². The number of nitrogens with one attached hydrogen (secondary N) is 1. The van der Waals surface area contributed by atoms with E-state index in [0.717, 1.165) is 17.0 Å². The maximum absolute atomic E-state index is 13.6. The van der Waals surface area contributed by atoms with Gasteiger partial charge < -0.3 is 24.4 Å². The van der Waals surface area contributed by atoms with Gasteiger partial charge in [-0.15, -0.1) is 0 Å². The van der Waals surface area contributed by atoms with Crippen molar-refractivity contribution in [2.45, 2.75) is 32.1 Å². The van der Waals surface area contributed by atoms with Gasteiger partial charge >= 0.3 is 6.18 Å². The summed E-state index contributed by atoms with van der Waals surface area (Å²) in [5.74, 6) is 0.663. The van der Waals surface area contributed by atoms with E-state index in [1.165, 1.54) is 17.0 Å². The molecule has 0 aliphatic carbocycles. The minimum atomic E-state index is -4.61. The van der Waals surface area contributed by atoms with Crippen LogP contribution in [-0.2, 0) is 22.3 Å². The molecule has 0 saturated carbocycles. The van der Waals surface area contributed by atoms with E-state index in [-0.39, 0.29) is 30.6 Å². The highest BCUT2D eigenvalue weighted by Gasteiger charge is 2.45. The highest BCUT2D eigenvalue weighted by atomic mass is 32.1. The Morgan fingerprint density at radius 1 is 1.07 bits per heavy atom. The Kier molecular flexibility index (Phi) is 7.53. The molecule has 0 aromatic heterocycles. The summed E-state index contributed by atoms with van der Waals surface area (Å²) in [4.78, 5) is 29.3. The number of hydrogen-bond donors (Lipinski definition) is 1. The second kappa shape index (κ2) is 11.0. The summed E-state index contributed by atoms with van der Waals surface area (Å²) >= 11 is 5.60. The first-order chi connectivity index (χ1) is 19.1. The molecule has 8 nitrogen and oxygen atoms in total. The monoisotopic (exact) mass is 571 g/mol. The molecule has 2 aliphatic rings. The molecule has 40 heavy (non-hydrogen) atoms. The molecule has 3 aromatic rings. The molecule has 12 heteroatoms. The third-order valence-electron chi connectivity index (χ3n) is 6.37. The van der Waals surface area contributed by atoms with Crippen molar-refractivity contribution >= 4 is 40.5 Å². The molecule has 5 rings (SSSR count). The topological polar surface area (TPSA) is 80.3 Å². The molecular formula is C28H24F3N3O5S. The number of nitrogens with zero attached hydrogens (tertiary/aromatic N) is 2. The quantitative estimate of drug-likeness (QED) is 0.365. The Morgan fingerprint density at radius 3 is 2.55 bits per heavy atom. The van der Waals surface area contributed by atoms with Crippen LogP contribution in [0.3, 0.4) is 0 Å². The Bertz CT molecular complexity index is 1450. The van der Waals surface area contributed by atoms with Crippen molar-refractivity contribution in [2.24, 2.45) is 0 Å². The molecule has 1 saturated heterocycles. The lowest BCUT2D eigenvalue weighted by molar-refractivity contribution is -0.137. The number of benzene rings is 3. The number of anilines is 2. The number of rotatable bonds is 8. The summed E-state index contributed by atoms with van der Waals surface area (Å²) in [5, 5.41) is 2.74. The minimum absolute atomic E-state index is 0.0131. The van der Waals surface area contributed by atoms with Gasteiger partial charge in [-0.1, -0.05) is 12.1 Å². The summed E-state index contributed by atoms with van der Waals surface area (Å²) in [6.07, 6.45) is -4.89. The molecule has 1 fully saturated rings. The molecule has 0 bridgehead atoms. The summed E-state index contributed by atoms with van der Waals surface area (Å²) < 4.78 is 56.4. The van der Waals surface area contributed by atoms with Crippen molar-refractivity contribution in [1.82, 2.24) is 4.90 Å². The standard InChI is InChI=1S/C28H24F3N3O5S/c1-2-37-21-9-7-19(8-10-21)32-25(35)14-22-26(36)34(20-5-3-4-18(13-20)28(29,30)31)27(40)33(22)15-17-6-11-23-24(12-17)39-16-38-23/h3-13,22H,2,14-16H2,1H3,(H,32,35). The van der Waals surface area contributed by atoms with Gasteiger partial charge in [-0.3, -0.25) is 14.5 Å². The minimum Gasteiger partial charge on any atom is -0.494 e. The molecule has 3 aromatic carbocycles. The van der Waals surface area contributed by atoms with Gasteiger partial charge in [-0.05, 0) is 79.3 Å². The van der Waals surface area contributed by atoms with Crippen LogP contribution in [0.25, 0.3) is 0 Å². The van der Waals surface area contributed by atoms with E-state index < -0.39 is 29.6 Å². The maximum atomic E-state index is 13.6. The van der Waals surface area contributed by atoms with E-state index in [1.807, 2.05) is 6.92 Å². The van der Waals surface area contributed by atoms with Crippen LogP contribution in [-0.4, -0.2) is 41.3 Å². The first-order valence-corrected chi connectivity index (χ1v) is 12.8. The molecule has 1 N–H and O–H groups in total. The van der Waals surface area contributed by atoms with E-state index in [2.05, 4.69) is 5.32 Å². The van der Waals surface area contributed by atoms with Crippen LogP contribution in [0.2, 0.25) is 0 Å². The fourth-order valence-corrected chi connectivity index (χ4v) is 4.88. The van der Waals surface area contributed by atoms with Crippen LogP contribution in [0.5, 0.6) is 17.2 Å². The predicted octanol–water partition coefficient (Wildman–Crippen LogP) is 5.36. The number of hydrogen-bond acceptors (Lipinski definition) is 6. The average Bonchev–Trinajstić information content (AvgIpc) is 3.47. The fourth-order valence-electron chi connectivity index (χ4n) is 4.50. The normalized spacial score (nSPS) is 16.4. The zero-order valence-corrected chi connectivity index (χ0v) is 22.1. The van der Waals surface area contributed by atoms with Crippen LogP contribution in [0.4, 0.5) is 24.5 Å². The van der Waals surface area contributed by atoms with Crippen molar-refractivity contribution in [3.8, 4) is 17.2 Å². The predicted molar refractivity (Wildman–Crippen MR) is 144 cm³/mol. The first-order valence-electron chi connectivity index (χ1n) is 12.4. The Balaban J connectivity index is 1.41. The molecule has 0 radical (unpaired) electrons. The molecule has 2 heterocycles.